The SMILES string of the molecule is CC(=O)O[C@H]1[C@H](O)[C@@H](O)[C@H](Oc2cc(O)c3c(=O)cc(-c4ccccc4)oc3c2)O[C@H]1CO. The Morgan fingerprint density at radius 1 is 1.09 bits per heavy atom. The molecule has 174 valence electrons. The number of ether oxygens (including phenoxy) is 3. The van der Waals surface area contributed by atoms with E-state index in [1.165, 1.54) is 12.1 Å². The molecule has 33 heavy (non-hydrogen) atoms. The van der Waals surface area contributed by atoms with Crippen molar-refractivity contribution in [1.29, 1.82) is 0 Å². The second-order valence-electron chi connectivity index (χ2n) is 7.56. The number of rotatable bonds is 5. The lowest BCUT2D eigenvalue weighted by atomic mass is 9.99. The van der Waals surface area contributed by atoms with Crippen molar-refractivity contribution in [3.05, 3.63) is 58.8 Å². The van der Waals surface area contributed by atoms with E-state index in [0.29, 0.717) is 5.56 Å². The number of carbonyl (C=O) groups is 1. The van der Waals surface area contributed by atoms with Crippen molar-refractivity contribution in [2.24, 2.45) is 0 Å². The molecule has 0 bridgehead atoms. The zero-order valence-electron chi connectivity index (χ0n) is 17.5. The van der Waals surface area contributed by atoms with Crippen molar-refractivity contribution in [2.45, 2.75) is 37.6 Å². The maximum atomic E-state index is 12.6. The van der Waals surface area contributed by atoms with Crippen molar-refractivity contribution in [3.8, 4) is 22.8 Å². The van der Waals surface area contributed by atoms with Crippen LogP contribution in [-0.4, -0.2) is 63.7 Å². The smallest absolute Gasteiger partial charge is 0.303 e. The average molecular weight is 458 g/mol. The molecule has 0 aliphatic carbocycles. The van der Waals surface area contributed by atoms with Crippen molar-refractivity contribution >= 4 is 16.9 Å². The van der Waals surface area contributed by atoms with Gasteiger partial charge in [0.15, 0.2) is 11.5 Å². The molecule has 4 N–H and O–H groups in total. The van der Waals surface area contributed by atoms with E-state index < -0.39 is 54.5 Å². The van der Waals surface area contributed by atoms with E-state index in [1.54, 1.807) is 24.3 Å². The molecule has 0 amide bonds. The lowest BCUT2D eigenvalue weighted by molar-refractivity contribution is -0.281. The van der Waals surface area contributed by atoms with Crippen LogP contribution >= 0.6 is 0 Å². The van der Waals surface area contributed by atoms with Crippen LogP contribution in [0.3, 0.4) is 0 Å². The molecule has 5 atom stereocenters. The van der Waals surface area contributed by atoms with Gasteiger partial charge in [0, 0.05) is 30.7 Å². The van der Waals surface area contributed by atoms with E-state index in [-0.39, 0.29) is 22.5 Å². The fourth-order valence-corrected chi connectivity index (χ4v) is 3.68. The first-order valence-corrected chi connectivity index (χ1v) is 10.1. The number of aliphatic hydroxyl groups is 3. The Balaban J connectivity index is 1.66. The Morgan fingerprint density at radius 3 is 2.48 bits per heavy atom. The first kappa shape index (κ1) is 22.7. The Hall–Kier alpha value is -3.44. The topological polar surface area (TPSA) is 156 Å². The van der Waals surface area contributed by atoms with Crippen molar-refractivity contribution in [3.63, 3.8) is 0 Å². The van der Waals surface area contributed by atoms with E-state index in [4.69, 9.17) is 18.6 Å². The van der Waals surface area contributed by atoms with Crippen LogP contribution in [0.15, 0.2) is 57.7 Å². The molecule has 1 aromatic heterocycles. The number of aromatic hydroxyl groups is 1. The number of benzene rings is 2. The number of aliphatic hydroxyl groups excluding tert-OH is 3. The summed E-state index contributed by atoms with van der Waals surface area (Å²) in [4.78, 5) is 23.8. The maximum Gasteiger partial charge on any atom is 0.303 e. The molecular weight excluding hydrogens is 436 g/mol. The van der Waals surface area contributed by atoms with Gasteiger partial charge in [0.05, 0.1) is 6.61 Å². The minimum Gasteiger partial charge on any atom is -0.507 e. The maximum absolute atomic E-state index is 12.6. The second-order valence-corrected chi connectivity index (χ2v) is 7.56. The summed E-state index contributed by atoms with van der Waals surface area (Å²) in [7, 11) is 0. The molecule has 0 saturated carbocycles. The molecule has 2 heterocycles. The van der Waals surface area contributed by atoms with E-state index in [0.717, 1.165) is 13.0 Å². The van der Waals surface area contributed by atoms with Crippen LogP contribution in [0.5, 0.6) is 11.5 Å². The number of hydrogen-bond donors (Lipinski definition) is 4. The predicted octanol–water partition coefficient (Wildman–Crippen LogP) is 0.915. The Morgan fingerprint density at radius 2 is 1.82 bits per heavy atom. The normalized spacial score (nSPS) is 25.0. The summed E-state index contributed by atoms with van der Waals surface area (Å²) in [6.07, 6.45) is -7.23. The highest BCUT2D eigenvalue weighted by atomic mass is 16.7. The third kappa shape index (κ3) is 4.55. The highest BCUT2D eigenvalue weighted by Gasteiger charge is 2.47. The van der Waals surface area contributed by atoms with Crippen LogP contribution in [0.25, 0.3) is 22.3 Å². The lowest BCUT2D eigenvalue weighted by Crippen LogP contribution is -2.61. The summed E-state index contributed by atoms with van der Waals surface area (Å²) < 4.78 is 21.8. The summed E-state index contributed by atoms with van der Waals surface area (Å²) in [5.41, 5.74) is 0.213. The zero-order valence-corrected chi connectivity index (χ0v) is 17.5. The standard InChI is InChI=1S/C23H22O10/c1-11(25)30-22-18(10-24)33-23(21(29)20(22)28)31-13-7-14(26)19-15(27)9-16(32-17(19)8-13)12-5-3-2-4-6-12/h2-9,18,20-24,26,28-29H,10H2,1H3/t18-,20+,21+,22+,23+/m0/s1. The number of esters is 1. The minimum absolute atomic E-state index is 0.0266. The molecule has 0 radical (unpaired) electrons. The van der Waals surface area contributed by atoms with Crippen LogP contribution in [0.4, 0.5) is 0 Å². The van der Waals surface area contributed by atoms with Gasteiger partial charge in [-0.15, -0.1) is 0 Å². The first-order valence-electron chi connectivity index (χ1n) is 10.1. The van der Waals surface area contributed by atoms with Crippen molar-refractivity contribution < 1.29 is 43.8 Å². The molecule has 4 rings (SSSR count). The van der Waals surface area contributed by atoms with E-state index >= 15 is 0 Å². The molecule has 1 saturated heterocycles. The van der Waals surface area contributed by atoms with Gasteiger partial charge in [0.2, 0.25) is 6.29 Å². The summed E-state index contributed by atoms with van der Waals surface area (Å²) in [6, 6.07) is 12.6. The van der Waals surface area contributed by atoms with Crippen molar-refractivity contribution in [2.75, 3.05) is 6.61 Å². The van der Waals surface area contributed by atoms with Gasteiger partial charge in [-0.3, -0.25) is 9.59 Å². The summed E-state index contributed by atoms with van der Waals surface area (Å²) >= 11 is 0. The Labute approximate surface area is 187 Å². The molecule has 10 heteroatoms. The Bertz CT molecular complexity index is 1200. The van der Waals surface area contributed by atoms with Crippen LogP contribution in [0.2, 0.25) is 0 Å². The second kappa shape index (κ2) is 9.20. The van der Waals surface area contributed by atoms with E-state index in [2.05, 4.69) is 0 Å². The predicted molar refractivity (Wildman–Crippen MR) is 114 cm³/mol. The van der Waals surface area contributed by atoms with E-state index in [9.17, 15) is 30.0 Å². The Kier molecular flexibility index (Phi) is 6.34. The zero-order chi connectivity index (χ0) is 23.7. The quantitative estimate of drug-likeness (QED) is 0.405. The number of phenols is 1. The highest BCUT2D eigenvalue weighted by molar-refractivity contribution is 5.86. The summed E-state index contributed by atoms with van der Waals surface area (Å²) in [5.74, 6) is -0.902. The largest absolute Gasteiger partial charge is 0.507 e. The molecule has 1 aliphatic rings. The van der Waals surface area contributed by atoms with Crippen LogP contribution in [0, 0.1) is 0 Å². The number of carbonyl (C=O) groups excluding carboxylic acids is 1. The van der Waals surface area contributed by atoms with Gasteiger partial charge in [-0.05, 0) is 0 Å². The number of phenolic OH excluding ortho intramolecular Hbond substituents is 1. The number of fused-ring (bicyclic) bond motifs is 1. The molecule has 3 aromatic rings. The monoisotopic (exact) mass is 458 g/mol. The molecule has 2 aromatic carbocycles. The average Bonchev–Trinajstić information content (AvgIpc) is 2.78. The third-order valence-corrected chi connectivity index (χ3v) is 5.22. The summed E-state index contributed by atoms with van der Waals surface area (Å²) in [6.45, 7) is 0.491. The van der Waals surface area contributed by atoms with Gasteiger partial charge in [-0.1, -0.05) is 30.3 Å². The minimum atomic E-state index is -1.65. The molecular formula is C23H22O10. The molecule has 0 spiro atoms. The molecule has 1 fully saturated rings. The van der Waals surface area contributed by atoms with Crippen LogP contribution in [-0.2, 0) is 14.3 Å². The van der Waals surface area contributed by atoms with Crippen LogP contribution < -0.4 is 10.2 Å². The van der Waals surface area contributed by atoms with Crippen LogP contribution in [0.1, 0.15) is 6.92 Å². The molecule has 0 unspecified atom stereocenters. The molecule has 10 nitrogen and oxygen atoms in total. The summed E-state index contributed by atoms with van der Waals surface area (Å²) in [5, 5.41) is 40.7. The van der Waals surface area contributed by atoms with Gasteiger partial charge < -0.3 is 39.1 Å². The van der Waals surface area contributed by atoms with Gasteiger partial charge in [0.25, 0.3) is 0 Å². The first-order chi connectivity index (χ1) is 15.8. The third-order valence-electron chi connectivity index (χ3n) is 5.22. The van der Waals surface area contributed by atoms with Gasteiger partial charge in [-0.2, -0.15) is 0 Å². The van der Waals surface area contributed by atoms with Gasteiger partial charge in [0.1, 0.15) is 46.5 Å². The fraction of sp³-hybridized carbons (Fsp3) is 0.304. The van der Waals surface area contributed by atoms with Gasteiger partial charge in [-0.25, -0.2) is 0 Å². The highest BCUT2D eigenvalue weighted by Crippen LogP contribution is 2.33. The van der Waals surface area contributed by atoms with Crippen molar-refractivity contribution in [1.82, 2.24) is 0 Å². The van der Waals surface area contributed by atoms with Gasteiger partial charge >= 0.3 is 5.97 Å². The lowest BCUT2D eigenvalue weighted by Gasteiger charge is -2.41. The van der Waals surface area contributed by atoms with E-state index in [1.807, 2.05) is 6.07 Å². The number of hydrogen-bond acceptors (Lipinski definition) is 10. The molecule has 1 aliphatic heterocycles. The fourth-order valence-electron chi connectivity index (χ4n) is 3.68.